The fraction of sp³-hybridized carbons (Fsp3) is 0.625. The van der Waals surface area contributed by atoms with Crippen LogP contribution in [-0.2, 0) is 6.42 Å². The van der Waals surface area contributed by atoms with E-state index in [1.54, 1.807) is 0 Å². The fourth-order valence-corrected chi connectivity index (χ4v) is 3.28. The van der Waals surface area contributed by atoms with Crippen LogP contribution < -0.4 is 0 Å². The van der Waals surface area contributed by atoms with Gasteiger partial charge in [0.1, 0.15) is 0 Å². The molecule has 0 unspecified atom stereocenters. The van der Waals surface area contributed by atoms with E-state index < -0.39 is 0 Å². The van der Waals surface area contributed by atoms with Crippen LogP contribution in [0.5, 0.6) is 0 Å². The number of rotatable bonds is 3. The Morgan fingerprint density at radius 3 is 2.44 bits per heavy atom. The fourth-order valence-electron chi connectivity index (χ4n) is 3.28. The third-order valence-electron chi connectivity index (χ3n) is 4.16. The Hall–Kier alpha value is -0.780. The Morgan fingerprint density at radius 1 is 1.06 bits per heavy atom. The summed E-state index contributed by atoms with van der Waals surface area (Å²) in [5.74, 6) is 2.74. The van der Waals surface area contributed by atoms with E-state index in [9.17, 15) is 0 Å². The maximum Gasteiger partial charge on any atom is -0.0248 e. The lowest BCUT2D eigenvalue weighted by atomic mass is 9.71. The van der Waals surface area contributed by atoms with Crippen molar-refractivity contribution in [2.24, 2.45) is 17.8 Å². The van der Waals surface area contributed by atoms with Gasteiger partial charge in [-0.2, -0.15) is 0 Å². The minimum atomic E-state index is 0.856. The van der Waals surface area contributed by atoms with Crippen molar-refractivity contribution in [2.75, 3.05) is 0 Å². The Morgan fingerprint density at radius 2 is 1.75 bits per heavy atom. The second-order valence-electron chi connectivity index (χ2n) is 5.64. The lowest BCUT2D eigenvalue weighted by molar-refractivity contribution is 0.179. The van der Waals surface area contributed by atoms with Crippen molar-refractivity contribution < 1.29 is 0 Å². The van der Waals surface area contributed by atoms with Gasteiger partial charge in [-0.3, -0.25) is 0 Å². The molecule has 0 N–H and O–H groups in total. The predicted octanol–water partition coefficient (Wildman–Crippen LogP) is 4.69. The third kappa shape index (κ3) is 2.87. The highest BCUT2D eigenvalue weighted by atomic mass is 14.3. The van der Waals surface area contributed by atoms with Crippen molar-refractivity contribution in [3.8, 4) is 0 Å². The maximum atomic E-state index is 2.40. The lowest BCUT2D eigenvalue weighted by Gasteiger charge is -2.34. The summed E-state index contributed by atoms with van der Waals surface area (Å²) in [6, 6.07) is 11.0. The van der Waals surface area contributed by atoms with E-state index in [0.29, 0.717) is 0 Å². The van der Waals surface area contributed by atoms with Gasteiger partial charge in [0.05, 0.1) is 0 Å². The largest absolute Gasteiger partial charge is 0.0625 e. The van der Waals surface area contributed by atoms with Crippen molar-refractivity contribution in [3.05, 3.63) is 35.9 Å². The average Bonchev–Trinajstić information content (AvgIpc) is 2.31. The molecule has 0 saturated heterocycles. The van der Waals surface area contributed by atoms with E-state index in [-0.39, 0.29) is 0 Å². The number of hydrogen-bond donors (Lipinski definition) is 0. The molecular formula is C16H24. The van der Waals surface area contributed by atoms with Crippen LogP contribution >= 0.6 is 0 Å². The van der Waals surface area contributed by atoms with Gasteiger partial charge in [-0.25, -0.2) is 0 Å². The van der Waals surface area contributed by atoms with Crippen molar-refractivity contribution in [1.29, 1.82) is 0 Å². The normalized spacial score (nSPS) is 25.9. The molecule has 1 aromatic carbocycles. The number of benzene rings is 1. The minimum Gasteiger partial charge on any atom is -0.0625 e. The van der Waals surface area contributed by atoms with Gasteiger partial charge in [0.2, 0.25) is 0 Å². The van der Waals surface area contributed by atoms with E-state index in [1.165, 1.54) is 37.7 Å². The Balaban J connectivity index is 2.01. The monoisotopic (exact) mass is 216 g/mol. The molecular weight excluding hydrogens is 192 g/mol. The molecule has 2 atom stereocenters. The quantitative estimate of drug-likeness (QED) is 0.687. The van der Waals surface area contributed by atoms with Gasteiger partial charge in [0, 0.05) is 0 Å². The van der Waals surface area contributed by atoms with Crippen LogP contribution in [0.4, 0.5) is 0 Å². The molecule has 0 aliphatic heterocycles. The van der Waals surface area contributed by atoms with E-state index in [0.717, 1.165) is 17.8 Å². The second-order valence-corrected chi connectivity index (χ2v) is 5.64. The minimum absolute atomic E-state index is 0.856. The van der Waals surface area contributed by atoms with Gasteiger partial charge in [-0.15, -0.1) is 0 Å². The zero-order chi connectivity index (χ0) is 11.4. The van der Waals surface area contributed by atoms with Crippen molar-refractivity contribution in [1.82, 2.24) is 0 Å². The average molecular weight is 216 g/mol. The lowest BCUT2D eigenvalue weighted by Crippen LogP contribution is -2.25. The molecule has 1 saturated carbocycles. The van der Waals surface area contributed by atoms with Gasteiger partial charge in [-0.05, 0) is 42.6 Å². The Bertz CT molecular complexity index is 299. The molecule has 2 rings (SSSR count). The van der Waals surface area contributed by atoms with Gasteiger partial charge in [0.15, 0.2) is 0 Å². The highest BCUT2D eigenvalue weighted by Gasteiger charge is 2.27. The van der Waals surface area contributed by atoms with Crippen LogP contribution in [0.15, 0.2) is 30.3 Å². The van der Waals surface area contributed by atoms with Crippen molar-refractivity contribution in [3.63, 3.8) is 0 Å². The second kappa shape index (κ2) is 5.52. The van der Waals surface area contributed by atoms with Gasteiger partial charge >= 0.3 is 0 Å². The zero-order valence-corrected chi connectivity index (χ0v) is 10.7. The van der Waals surface area contributed by atoms with Crippen LogP contribution in [0.1, 0.15) is 45.1 Å². The van der Waals surface area contributed by atoms with E-state index in [4.69, 9.17) is 0 Å². The molecule has 1 aromatic rings. The van der Waals surface area contributed by atoms with Crippen LogP contribution in [0, 0.1) is 17.8 Å². The summed E-state index contributed by atoms with van der Waals surface area (Å²) in [6.07, 6.45) is 7.09. The SMILES string of the molecule is CC(C)[C@@H]1CCCC[C@@H]1Cc1ccccc1. The van der Waals surface area contributed by atoms with Crippen LogP contribution in [0.2, 0.25) is 0 Å². The first-order valence-corrected chi connectivity index (χ1v) is 6.81. The first-order chi connectivity index (χ1) is 7.77. The molecule has 0 radical (unpaired) electrons. The van der Waals surface area contributed by atoms with Crippen LogP contribution in [-0.4, -0.2) is 0 Å². The molecule has 0 amide bonds. The van der Waals surface area contributed by atoms with Crippen molar-refractivity contribution in [2.45, 2.75) is 46.0 Å². The Kier molecular flexibility index (Phi) is 4.04. The molecule has 1 fully saturated rings. The molecule has 0 aromatic heterocycles. The first-order valence-electron chi connectivity index (χ1n) is 6.81. The van der Waals surface area contributed by atoms with E-state index in [1.807, 2.05) is 0 Å². The van der Waals surface area contributed by atoms with Gasteiger partial charge in [-0.1, -0.05) is 57.0 Å². The van der Waals surface area contributed by atoms with Gasteiger partial charge < -0.3 is 0 Å². The summed E-state index contributed by atoms with van der Waals surface area (Å²) < 4.78 is 0. The molecule has 0 spiro atoms. The summed E-state index contributed by atoms with van der Waals surface area (Å²) in [5.41, 5.74) is 1.53. The maximum absolute atomic E-state index is 2.40. The molecule has 1 aliphatic rings. The predicted molar refractivity (Wildman–Crippen MR) is 70.4 cm³/mol. The molecule has 0 heteroatoms. The molecule has 0 nitrogen and oxygen atoms in total. The van der Waals surface area contributed by atoms with Crippen molar-refractivity contribution >= 4 is 0 Å². The van der Waals surface area contributed by atoms with E-state index >= 15 is 0 Å². The third-order valence-corrected chi connectivity index (χ3v) is 4.16. The summed E-state index contributed by atoms with van der Waals surface area (Å²) in [4.78, 5) is 0. The highest BCUT2D eigenvalue weighted by molar-refractivity contribution is 5.15. The highest BCUT2D eigenvalue weighted by Crippen LogP contribution is 2.36. The topological polar surface area (TPSA) is 0 Å². The zero-order valence-electron chi connectivity index (χ0n) is 10.7. The summed E-state index contributed by atoms with van der Waals surface area (Å²) in [5, 5.41) is 0. The first kappa shape index (κ1) is 11.7. The van der Waals surface area contributed by atoms with E-state index in [2.05, 4.69) is 44.2 Å². The van der Waals surface area contributed by atoms with Gasteiger partial charge in [0.25, 0.3) is 0 Å². The molecule has 88 valence electrons. The summed E-state index contributed by atoms with van der Waals surface area (Å²) in [6.45, 7) is 4.79. The van der Waals surface area contributed by atoms with Crippen LogP contribution in [0.3, 0.4) is 0 Å². The Labute approximate surface area is 100 Å². The standard InChI is InChI=1S/C16H24/c1-13(2)16-11-7-6-10-15(16)12-14-8-4-3-5-9-14/h3-5,8-9,13,15-16H,6-7,10-12H2,1-2H3/t15-,16+/m1/s1. The summed E-state index contributed by atoms with van der Waals surface area (Å²) in [7, 11) is 0. The molecule has 0 heterocycles. The molecule has 0 bridgehead atoms. The smallest absolute Gasteiger partial charge is 0.0248 e. The number of hydrogen-bond acceptors (Lipinski definition) is 0. The summed E-state index contributed by atoms with van der Waals surface area (Å²) >= 11 is 0. The molecule has 1 aliphatic carbocycles. The van der Waals surface area contributed by atoms with Crippen LogP contribution in [0.25, 0.3) is 0 Å². The molecule has 16 heavy (non-hydrogen) atoms.